The number of aliphatic hydroxyl groups is 1. The van der Waals surface area contributed by atoms with Crippen LogP contribution in [0.25, 0.3) is 0 Å². The zero-order valence-corrected chi connectivity index (χ0v) is 12.4. The molecule has 20 heavy (non-hydrogen) atoms. The Hall–Kier alpha value is -1.39. The summed E-state index contributed by atoms with van der Waals surface area (Å²) >= 11 is 0. The van der Waals surface area contributed by atoms with Crippen molar-refractivity contribution in [1.29, 1.82) is 0 Å². The van der Waals surface area contributed by atoms with Crippen molar-refractivity contribution in [2.75, 3.05) is 13.1 Å². The van der Waals surface area contributed by atoms with E-state index in [1.165, 1.54) is 0 Å². The summed E-state index contributed by atoms with van der Waals surface area (Å²) in [5, 5.41) is 12.8. The number of hydrogen-bond acceptors (Lipinski definition) is 3. The Bertz CT molecular complexity index is 399. The SMILES string of the molecule is CCC(CC)C(O)CNC(=O)c1ccc(CCN)cc1. The smallest absolute Gasteiger partial charge is 0.251 e. The Morgan fingerprint density at radius 3 is 2.35 bits per heavy atom. The minimum atomic E-state index is -0.481. The van der Waals surface area contributed by atoms with Gasteiger partial charge in [-0.3, -0.25) is 4.79 Å². The molecular weight excluding hydrogens is 252 g/mol. The second-order valence-corrected chi connectivity index (χ2v) is 5.09. The van der Waals surface area contributed by atoms with Gasteiger partial charge in [0.25, 0.3) is 5.91 Å². The molecule has 0 aromatic heterocycles. The van der Waals surface area contributed by atoms with Crippen molar-refractivity contribution in [1.82, 2.24) is 5.32 Å². The van der Waals surface area contributed by atoms with Gasteiger partial charge in [0.1, 0.15) is 0 Å². The molecule has 0 spiro atoms. The summed E-state index contributed by atoms with van der Waals surface area (Å²) < 4.78 is 0. The molecule has 0 saturated heterocycles. The van der Waals surface area contributed by atoms with Crippen LogP contribution in [0.3, 0.4) is 0 Å². The van der Waals surface area contributed by atoms with Crippen molar-refractivity contribution in [2.24, 2.45) is 11.7 Å². The van der Waals surface area contributed by atoms with Crippen LogP contribution in [0.1, 0.15) is 42.6 Å². The first-order valence-corrected chi connectivity index (χ1v) is 7.37. The molecule has 4 nitrogen and oxygen atoms in total. The van der Waals surface area contributed by atoms with Crippen molar-refractivity contribution in [3.05, 3.63) is 35.4 Å². The molecule has 0 fully saturated rings. The fourth-order valence-corrected chi connectivity index (χ4v) is 2.29. The molecule has 1 unspecified atom stereocenters. The normalized spacial score (nSPS) is 12.4. The van der Waals surface area contributed by atoms with Gasteiger partial charge in [0, 0.05) is 12.1 Å². The number of nitrogens with two attached hydrogens (primary N) is 1. The molecule has 1 rings (SSSR count). The fraction of sp³-hybridized carbons (Fsp3) is 0.562. The number of aliphatic hydroxyl groups excluding tert-OH is 1. The average molecular weight is 278 g/mol. The standard InChI is InChI=1S/C16H26N2O2/c1-3-13(4-2)15(19)11-18-16(20)14-7-5-12(6-8-14)9-10-17/h5-8,13,15,19H,3-4,9-11,17H2,1-2H3,(H,18,20). The fourth-order valence-electron chi connectivity index (χ4n) is 2.29. The van der Waals surface area contributed by atoms with Gasteiger partial charge in [0.2, 0.25) is 0 Å². The number of amides is 1. The number of benzene rings is 1. The first kappa shape index (κ1) is 16.7. The van der Waals surface area contributed by atoms with E-state index in [-0.39, 0.29) is 11.8 Å². The maximum absolute atomic E-state index is 12.0. The molecule has 4 heteroatoms. The van der Waals surface area contributed by atoms with Gasteiger partial charge in [0.15, 0.2) is 0 Å². The minimum Gasteiger partial charge on any atom is -0.391 e. The van der Waals surface area contributed by atoms with E-state index in [1.54, 1.807) is 12.1 Å². The average Bonchev–Trinajstić information content (AvgIpc) is 2.47. The third kappa shape index (κ3) is 4.94. The van der Waals surface area contributed by atoms with Gasteiger partial charge in [-0.1, -0.05) is 38.8 Å². The monoisotopic (exact) mass is 278 g/mol. The van der Waals surface area contributed by atoms with Crippen LogP contribution in [-0.2, 0) is 6.42 Å². The number of hydrogen-bond donors (Lipinski definition) is 3. The maximum atomic E-state index is 12.0. The third-order valence-corrected chi connectivity index (χ3v) is 3.71. The molecule has 0 aliphatic heterocycles. The predicted octanol–water partition coefficient (Wildman–Crippen LogP) is 1.71. The van der Waals surface area contributed by atoms with Gasteiger partial charge in [-0.05, 0) is 36.6 Å². The largest absolute Gasteiger partial charge is 0.391 e. The Balaban J connectivity index is 2.50. The lowest BCUT2D eigenvalue weighted by atomic mass is 9.96. The van der Waals surface area contributed by atoms with E-state index < -0.39 is 6.10 Å². The van der Waals surface area contributed by atoms with Crippen LogP contribution in [-0.4, -0.2) is 30.2 Å². The van der Waals surface area contributed by atoms with Crippen LogP contribution in [0.4, 0.5) is 0 Å². The van der Waals surface area contributed by atoms with E-state index in [1.807, 2.05) is 12.1 Å². The third-order valence-electron chi connectivity index (χ3n) is 3.71. The summed E-state index contributed by atoms with van der Waals surface area (Å²) in [4.78, 5) is 12.0. The predicted molar refractivity (Wildman–Crippen MR) is 81.6 cm³/mol. The van der Waals surface area contributed by atoms with Gasteiger partial charge in [-0.2, -0.15) is 0 Å². The number of carbonyl (C=O) groups excluding carboxylic acids is 1. The van der Waals surface area contributed by atoms with E-state index in [9.17, 15) is 9.90 Å². The maximum Gasteiger partial charge on any atom is 0.251 e. The van der Waals surface area contributed by atoms with Gasteiger partial charge in [-0.25, -0.2) is 0 Å². The molecule has 112 valence electrons. The highest BCUT2D eigenvalue weighted by Gasteiger charge is 2.16. The Morgan fingerprint density at radius 2 is 1.85 bits per heavy atom. The highest BCUT2D eigenvalue weighted by molar-refractivity contribution is 5.94. The Labute approximate surface area is 121 Å². The molecule has 0 saturated carbocycles. The van der Waals surface area contributed by atoms with Crippen LogP contribution in [0.15, 0.2) is 24.3 Å². The first-order chi connectivity index (χ1) is 9.62. The number of rotatable bonds is 8. The lowest BCUT2D eigenvalue weighted by Crippen LogP contribution is -2.36. The minimum absolute atomic E-state index is 0.144. The van der Waals surface area contributed by atoms with Gasteiger partial charge >= 0.3 is 0 Å². The van der Waals surface area contributed by atoms with Gasteiger partial charge in [0.05, 0.1) is 6.10 Å². The second-order valence-electron chi connectivity index (χ2n) is 5.09. The molecule has 0 heterocycles. The summed E-state index contributed by atoms with van der Waals surface area (Å²) in [6, 6.07) is 7.42. The molecule has 1 amide bonds. The van der Waals surface area contributed by atoms with Gasteiger partial charge < -0.3 is 16.2 Å². The van der Waals surface area contributed by atoms with E-state index >= 15 is 0 Å². The summed E-state index contributed by atoms with van der Waals surface area (Å²) in [7, 11) is 0. The molecule has 4 N–H and O–H groups in total. The Kier molecular flexibility index (Phi) is 7.26. The first-order valence-electron chi connectivity index (χ1n) is 7.37. The van der Waals surface area contributed by atoms with Crippen molar-refractivity contribution >= 4 is 5.91 Å². The second kappa shape index (κ2) is 8.72. The van der Waals surface area contributed by atoms with E-state index in [4.69, 9.17) is 5.73 Å². The highest BCUT2D eigenvalue weighted by Crippen LogP contribution is 2.12. The van der Waals surface area contributed by atoms with Crippen molar-refractivity contribution in [3.63, 3.8) is 0 Å². The van der Waals surface area contributed by atoms with Gasteiger partial charge in [-0.15, -0.1) is 0 Å². The van der Waals surface area contributed by atoms with Crippen LogP contribution in [0, 0.1) is 5.92 Å². The van der Waals surface area contributed by atoms with Crippen LogP contribution in [0.2, 0.25) is 0 Å². The Morgan fingerprint density at radius 1 is 1.25 bits per heavy atom. The summed E-state index contributed by atoms with van der Waals surface area (Å²) in [6.45, 7) is 5.01. The van der Waals surface area contributed by atoms with E-state index in [2.05, 4.69) is 19.2 Å². The molecule has 0 radical (unpaired) electrons. The van der Waals surface area contributed by atoms with Crippen molar-refractivity contribution in [2.45, 2.75) is 39.2 Å². The topological polar surface area (TPSA) is 75.3 Å². The number of carbonyl (C=O) groups is 1. The van der Waals surface area contributed by atoms with Crippen LogP contribution >= 0.6 is 0 Å². The molecule has 0 aliphatic carbocycles. The summed E-state index contributed by atoms with van der Waals surface area (Å²) in [5.74, 6) is 0.0940. The van der Waals surface area contributed by atoms with Crippen LogP contribution < -0.4 is 11.1 Å². The van der Waals surface area contributed by atoms with Crippen molar-refractivity contribution < 1.29 is 9.90 Å². The number of nitrogens with one attached hydrogen (secondary N) is 1. The summed E-state index contributed by atoms with van der Waals surface area (Å²) in [5.41, 5.74) is 7.23. The zero-order valence-electron chi connectivity index (χ0n) is 12.4. The quantitative estimate of drug-likeness (QED) is 0.677. The molecule has 1 atom stereocenters. The molecule has 1 aromatic carbocycles. The van der Waals surface area contributed by atoms with Crippen molar-refractivity contribution in [3.8, 4) is 0 Å². The zero-order chi connectivity index (χ0) is 15.0. The molecular formula is C16H26N2O2. The lowest BCUT2D eigenvalue weighted by molar-refractivity contribution is 0.0816. The lowest BCUT2D eigenvalue weighted by Gasteiger charge is -2.20. The molecule has 0 bridgehead atoms. The van der Waals surface area contributed by atoms with E-state index in [0.717, 1.165) is 24.8 Å². The molecule has 1 aromatic rings. The molecule has 0 aliphatic rings. The van der Waals surface area contributed by atoms with Crippen LogP contribution in [0.5, 0.6) is 0 Å². The highest BCUT2D eigenvalue weighted by atomic mass is 16.3. The summed E-state index contributed by atoms with van der Waals surface area (Å²) in [6.07, 6.45) is 2.17. The van der Waals surface area contributed by atoms with E-state index in [0.29, 0.717) is 18.7 Å².